The highest BCUT2D eigenvalue weighted by Gasteiger charge is 2.31. The van der Waals surface area contributed by atoms with Crippen molar-refractivity contribution in [1.29, 1.82) is 0 Å². The number of amides is 1. The Hall–Kier alpha value is -3.49. The van der Waals surface area contributed by atoms with Crippen molar-refractivity contribution in [1.82, 2.24) is 14.7 Å². The molecule has 0 fully saturated rings. The number of Topliss-reactive ketones (excluding diaryl/α,β-unsaturated/α-hetero) is 1. The topological polar surface area (TPSA) is 55.2 Å². The predicted octanol–water partition coefficient (Wildman–Crippen LogP) is 4.49. The van der Waals surface area contributed by atoms with Crippen molar-refractivity contribution >= 4 is 11.7 Å². The van der Waals surface area contributed by atoms with Crippen LogP contribution >= 0.6 is 0 Å². The summed E-state index contributed by atoms with van der Waals surface area (Å²) >= 11 is 0. The molecule has 5 nitrogen and oxygen atoms in total. The zero-order valence-electron chi connectivity index (χ0n) is 17.0. The molecule has 0 aliphatic rings. The smallest absolute Gasteiger partial charge is 0.335 e. The lowest BCUT2D eigenvalue weighted by molar-refractivity contribution is -0.137. The van der Waals surface area contributed by atoms with Crippen molar-refractivity contribution in [3.8, 4) is 5.69 Å². The molecule has 0 aliphatic carbocycles. The lowest BCUT2D eigenvalue weighted by atomic mass is 10.1. The van der Waals surface area contributed by atoms with E-state index in [1.54, 1.807) is 6.07 Å². The van der Waals surface area contributed by atoms with Gasteiger partial charge >= 0.3 is 6.18 Å². The molecule has 0 saturated carbocycles. The lowest BCUT2D eigenvalue weighted by Gasteiger charge is -2.16. The first kappa shape index (κ1) is 22.2. The van der Waals surface area contributed by atoms with Crippen LogP contribution in [0.3, 0.4) is 0 Å². The molecule has 31 heavy (non-hydrogen) atoms. The van der Waals surface area contributed by atoms with Gasteiger partial charge in [0.15, 0.2) is 0 Å². The van der Waals surface area contributed by atoms with Gasteiger partial charge in [-0.1, -0.05) is 18.2 Å². The Bertz CT molecular complexity index is 1150. The van der Waals surface area contributed by atoms with Crippen LogP contribution in [-0.2, 0) is 17.5 Å². The maximum Gasteiger partial charge on any atom is 0.416 e. The van der Waals surface area contributed by atoms with Gasteiger partial charge in [0, 0.05) is 13.6 Å². The Morgan fingerprint density at radius 1 is 1.06 bits per heavy atom. The zero-order valence-corrected chi connectivity index (χ0v) is 17.0. The number of carbonyl (C=O) groups excluding carboxylic acids is 2. The number of likely N-dealkylation sites (N-methyl/N-ethyl adjacent to an activating group) is 1. The standard InChI is InChI=1S/C22H19F4N3O2/c1-13-19(20(30)21(31)28(3)12-15-6-4-8-17(23)10-15)14(2)29(27-13)18-9-5-7-16(11-18)22(24,25)26/h4-11H,12H2,1-3H3. The number of benzene rings is 2. The van der Waals surface area contributed by atoms with E-state index >= 15 is 0 Å². The third-order valence-corrected chi connectivity index (χ3v) is 4.79. The Kier molecular flexibility index (Phi) is 5.97. The minimum atomic E-state index is -4.53. The normalized spacial score (nSPS) is 11.5. The van der Waals surface area contributed by atoms with E-state index in [-0.39, 0.29) is 29.2 Å². The molecule has 1 heterocycles. The number of hydrogen-bond donors (Lipinski definition) is 0. The first-order valence-corrected chi connectivity index (χ1v) is 9.27. The fraction of sp³-hybridized carbons (Fsp3) is 0.227. The second-order valence-electron chi connectivity index (χ2n) is 7.13. The zero-order chi connectivity index (χ0) is 22.9. The maximum atomic E-state index is 13.4. The van der Waals surface area contributed by atoms with E-state index in [0.29, 0.717) is 5.56 Å². The molecule has 0 bridgehead atoms. The van der Waals surface area contributed by atoms with Crippen LogP contribution in [0.2, 0.25) is 0 Å². The highest BCUT2D eigenvalue weighted by Crippen LogP contribution is 2.31. The number of aromatic nitrogens is 2. The van der Waals surface area contributed by atoms with Crippen LogP contribution in [0.4, 0.5) is 17.6 Å². The molecule has 0 aliphatic heterocycles. The summed E-state index contributed by atoms with van der Waals surface area (Å²) < 4.78 is 53.7. The van der Waals surface area contributed by atoms with Crippen molar-refractivity contribution in [2.24, 2.45) is 0 Å². The van der Waals surface area contributed by atoms with E-state index < -0.39 is 29.2 Å². The molecular weight excluding hydrogens is 414 g/mol. The molecular formula is C22H19F4N3O2. The number of ketones is 1. The van der Waals surface area contributed by atoms with Gasteiger partial charge in [0.2, 0.25) is 0 Å². The summed E-state index contributed by atoms with van der Waals surface area (Å²) in [5.41, 5.74) is 0.262. The minimum Gasteiger partial charge on any atom is -0.335 e. The Labute approximate surface area is 175 Å². The van der Waals surface area contributed by atoms with E-state index in [1.165, 1.54) is 55.9 Å². The van der Waals surface area contributed by atoms with Crippen LogP contribution in [0.25, 0.3) is 5.69 Å². The second kappa shape index (κ2) is 8.33. The number of carbonyl (C=O) groups is 2. The number of nitrogens with zero attached hydrogens (tertiary/aromatic N) is 3. The molecule has 3 aromatic rings. The quantitative estimate of drug-likeness (QED) is 0.339. The summed E-state index contributed by atoms with van der Waals surface area (Å²) in [6.07, 6.45) is -4.53. The van der Waals surface area contributed by atoms with Crippen LogP contribution in [0.15, 0.2) is 48.5 Å². The number of halogens is 4. The number of alkyl halides is 3. The van der Waals surface area contributed by atoms with Gasteiger partial charge in [-0.05, 0) is 49.7 Å². The molecule has 2 aromatic carbocycles. The van der Waals surface area contributed by atoms with Gasteiger partial charge in [0.05, 0.1) is 28.2 Å². The summed E-state index contributed by atoms with van der Waals surface area (Å²) in [4.78, 5) is 26.7. The van der Waals surface area contributed by atoms with Crippen molar-refractivity contribution in [3.05, 3.63) is 82.4 Å². The second-order valence-corrected chi connectivity index (χ2v) is 7.13. The molecule has 1 aromatic heterocycles. The van der Waals surface area contributed by atoms with Gasteiger partial charge < -0.3 is 4.90 Å². The Balaban J connectivity index is 1.89. The summed E-state index contributed by atoms with van der Waals surface area (Å²) in [5.74, 6) is -2.13. The van der Waals surface area contributed by atoms with Crippen LogP contribution in [0.5, 0.6) is 0 Å². The van der Waals surface area contributed by atoms with Gasteiger partial charge in [0.25, 0.3) is 11.7 Å². The minimum absolute atomic E-state index is 0.0161. The van der Waals surface area contributed by atoms with Gasteiger partial charge in [-0.3, -0.25) is 9.59 Å². The molecule has 0 radical (unpaired) electrons. The molecule has 1 amide bonds. The van der Waals surface area contributed by atoms with E-state index in [2.05, 4.69) is 5.10 Å². The van der Waals surface area contributed by atoms with Crippen LogP contribution in [0.1, 0.15) is 32.9 Å². The SMILES string of the molecule is Cc1nn(-c2cccc(C(F)(F)F)c2)c(C)c1C(=O)C(=O)N(C)Cc1cccc(F)c1. The van der Waals surface area contributed by atoms with E-state index in [9.17, 15) is 27.2 Å². The van der Waals surface area contributed by atoms with Gasteiger partial charge in [-0.25, -0.2) is 9.07 Å². The van der Waals surface area contributed by atoms with Crippen molar-refractivity contribution in [2.45, 2.75) is 26.6 Å². The monoisotopic (exact) mass is 433 g/mol. The van der Waals surface area contributed by atoms with Crippen molar-refractivity contribution < 1.29 is 27.2 Å². The molecule has 0 spiro atoms. The summed E-state index contributed by atoms with van der Waals surface area (Å²) in [7, 11) is 1.41. The summed E-state index contributed by atoms with van der Waals surface area (Å²) in [6.45, 7) is 3.03. The van der Waals surface area contributed by atoms with Crippen LogP contribution in [-0.4, -0.2) is 33.4 Å². The van der Waals surface area contributed by atoms with Crippen LogP contribution < -0.4 is 0 Å². The number of hydrogen-bond acceptors (Lipinski definition) is 3. The van der Waals surface area contributed by atoms with Crippen LogP contribution in [0, 0.1) is 19.7 Å². The molecule has 0 unspecified atom stereocenters. The average molecular weight is 433 g/mol. The highest BCUT2D eigenvalue weighted by molar-refractivity contribution is 6.43. The first-order chi connectivity index (χ1) is 14.5. The molecule has 162 valence electrons. The number of rotatable bonds is 5. The summed E-state index contributed by atoms with van der Waals surface area (Å²) in [6, 6.07) is 10.2. The Morgan fingerprint density at radius 2 is 1.74 bits per heavy atom. The maximum absolute atomic E-state index is 13.4. The molecule has 3 rings (SSSR count). The fourth-order valence-corrected chi connectivity index (χ4v) is 3.30. The fourth-order valence-electron chi connectivity index (χ4n) is 3.30. The predicted molar refractivity (Wildman–Crippen MR) is 105 cm³/mol. The van der Waals surface area contributed by atoms with Gasteiger partial charge in [-0.2, -0.15) is 18.3 Å². The van der Waals surface area contributed by atoms with Gasteiger partial charge in [-0.15, -0.1) is 0 Å². The third kappa shape index (κ3) is 4.65. The molecule has 0 N–H and O–H groups in total. The molecule has 0 atom stereocenters. The highest BCUT2D eigenvalue weighted by atomic mass is 19.4. The largest absolute Gasteiger partial charge is 0.416 e. The van der Waals surface area contributed by atoms with E-state index in [1.807, 2.05) is 0 Å². The van der Waals surface area contributed by atoms with Crippen molar-refractivity contribution in [3.63, 3.8) is 0 Å². The molecule has 9 heteroatoms. The third-order valence-electron chi connectivity index (χ3n) is 4.79. The lowest BCUT2D eigenvalue weighted by Crippen LogP contribution is -2.33. The first-order valence-electron chi connectivity index (χ1n) is 9.27. The summed E-state index contributed by atoms with van der Waals surface area (Å²) in [5, 5.41) is 4.17. The van der Waals surface area contributed by atoms with E-state index in [4.69, 9.17) is 0 Å². The Morgan fingerprint density at radius 3 is 2.39 bits per heavy atom. The average Bonchev–Trinajstić information content (AvgIpc) is 3.00. The van der Waals surface area contributed by atoms with E-state index in [0.717, 1.165) is 17.0 Å². The molecule has 0 saturated heterocycles. The van der Waals surface area contributed by atoms with Gasteiger partial charge in [0.1, 0.15) is 5.82 Å². The number of aryl methyl sites for hydroxylation is 1. The van der Waals surface area contributed by atoms with Crippen molar-refractivity contribution in [2.75, 3.05) is 7.05 Å².